The van der Waals surface area contributed by atoms with E-state index in [1.54, 1.807) is 0 Å². The van der Waals surface area contributed by atoms with Gasteiger partial charge in [-0.05, 0) is 33.1 Å². The summed E-state index contributed by atoms with van der Waals surface area (Å²) in [6.45, 7) is 5.04. The molecule has 1 atom stereocenters. The number of carbonyl (C=O) groups excluding carboxylic acids is 1. The van der Waals surface area contributed by atoms with E-state index in [2.05, 4.69) is 10.6 Å². The Morgan fingerprint density at radius 1 is 1.44 bits per heavy atom. The predicted molar refractivity (Wildman–Crippen MR) is 66.5 cm³/mol. The van der Waals surface area contributed by atoms with Crippen molar-refractivity contribution in [2.45, 2.75) is 51.2 Å². The number of ether oxygens (including phenoxy) is 1. The van der Waals surface area contributed by atoms with Crippen LogP contribution < -0.4 is 10.6 Å². The summed E-state index contributed by atoms with van der Waals surface area (Å²) in [5.74, 6) is -0.844. The molecule has 1 aliphatic rings. The zero-order valence-electron chi connectivity index (χ0n) is 11.0. The number of aliphatic carboxylic acids is 1. The second-order valence-corrected chi connectivity index (χ2v) is 5.20. The van der Waals surface area contributed by atoms with E-state index in [4.69, 9.17) is 9.84 Å². The predicted octanol–water partition coefficient (Wildman–Crippen LogP) is 1.11. The third kappa shape index (κ3) is 5.86. The molecule has 0 spiro atoms. The van der Waals surface area contributed by atoms with Crippen molar-refractivity contribution in [2.75, 3.05) is 13.2 Å². The van der Waals surface area contributed by atoms with Crippen LogP contribution in [0.25, 0.3) is 0 Å². The summed E-state index contributed by atoms with van der Waals surface area (Å²) in [6, 6.07) is -0.115. The van der Waals surface area contributed by atoms with Gasteiger partial charge in [0.1, 0.15) is 0 Å². The molecule has 1 rings (SSSR count). The molecule has 18 heavy (non-hydrogen) atoms. The zero-order valence-corrected chi connectivity index (χ0v) is 11.0. The summed E-state index contributed by atoms with van der Waals surface area (Å²) in [4.78, 5) is 21.8. The fraction of sp³-hybridized carbons (Fsp3) is 0.833. The lowest BCUT2D eigenvalue weighted by Crippen LogP contribution is -2.49. The van der Waals surface area contributed by atoms with Gasteiger partial charge >= 0.3 is 12.0 Å². The fourth-order valence-corrected chi connectivity index (χ4v) is 2.03. The maximum atomic E-state index is 11.6. The van der Waals surface area contributed by atoms with Gasteiger partial charge in [-0.15, -0.1) is 0 Å². The molecule has 3 N–H and O–H groups in total. The van der Waals surface area contributed by atoms with E-state index in [0.29, 0.717) is 19.6 Å². The molecular weight excluding hydrogens is 236 g/mol. The van der Waals surface area contributed by atoms with E-state index in [0.717, 1.165) is 12.8 Å². The van der Waals surface area contributed by atoms with Crippen LogP contribution in [-0.4, -0.2) is 41.9 Å². The fourth-order valence-electron chi connectivity index (χ4n) is 2.03. The second kappa shape index (κ2) is 6.58. The van der Waals surface area contributed by atoms with Crippen molar-refractivity contribution in [3.8, 4) is 0 Å². The molecule has 0 aromatic carbocycles. The average molecular weight is 258 g/mol. The third-order valence-corrected chi connectivity index (χ3v) is 2.89. The molecule has 1 saturated heterocycles. The minimum Gasteiger partial charge on any atom is -0.481 e. The first-order valence-corrected chi connectivity index (χ1v) is 6.29. The summed E-state index contributed by atoms with van der Waals surface area (Å²) in [6.07, 6.45) is 2.12. The summed E-state index contributed by atoms with van der Waals surface area (Å²) < 4.78 is 5.57. The van der Waals surface area contributed by atoms with Crippen molar-refractivity contribution < 1.29 is 19.4 Å². The molecule has 0 saturated carbocycles. The molecule has 104 valence electrons. The number of nitrogens with one attached hydrogen (secondary N) is 2. The number of carboxylic acids is 1. The molecule has 0 radical (unpaired) electrons. The maximum absolute atomic E-state index is 11.6. The molecule has 1 aliphatic heterocycles. The first-order chi connectivity index (χ1) is 8.39. The summed E-state index contributed by atoms with van der Waals surface area (Å²) in [5, 5.41) is 14.0. The number of carbonyl (C=O) groups is 2. The quantitative estimate of drug-likeness (QED) is 0.645. The van der Waals surface area contributed by atoms with Gasteiger partial charge in [0.05, 0.1) is 5.60 Å². The number of hydrogen-bond acceptors (Lipinski definition) is 3. The highest BCUT2D eigenvalue weighted by atomic mass is 16.5. The molecule has 1 fully saturated rings. The normalized spacial score (nSPS) is 22.2. The van der Waals surface area contributed by atoms with Crippen LogP contribution in [0.4, 0.5) is 4.79 Å². The van der Waals surface area contributed by atoms with Crippen LogP contribution in [0.1, 0.15) is 39.5 Å². The zero-order chi connectivity index (χ0) is 13.6. The monoisotopic (exact) mass is 258 g/mol. The Morgan fingerprint density at radius 2 is 2.17 bits per heavy atom. The number of hydrogen-bond donors (Lipinski definition) is 3. The number of rotatable bonds is 5. The number of carboxylic acid groups (broad SMARTS) is 1. The van der Waals surface area contributed by atoms with Crippen molar-refractivity contribution in [1.29, 1.82) is 0 Å². The topological polar surface area (TPSA) is 87.7 Å². The second-order valence-electron chi connectivity index (χ2n) is 5.20. The van der Waals surface area contributed by atoms with E-state index in [-0.39, 0.29) is 24.1 Å². The van der Waals surface area contributed by atoms with Gasteiger partial charge in [-0.3, -0.25) is 4.79 Å². The average Bonchev–Trinajstić information content (AvgIpc) is 2.22. The Bertz CT molecular complexity index is 304. The van der Waals surface area contributed by atoms with Gasteiger partial charge in [-0.2, -0.15) is 0 Å². The number of amides is 2. The van der Waals surface area contributed by atoms with Crippen molar-refractivity contribution in [2.24, 2.45) is 0 Å². The summed E-state index contributed by atoms with van der Waals surface area (Å²) in [7, 11) is 0. The summed E-state index contributed by atoms with van der Waals surface area (Å²) >= 11 is 0. The third-order valence-electron chi connectivity index (χ3n) is 2.89. The van der Waals surface area contributed by atoms with Crippen molar-refractivity contribution in [3.63, 3.8) is 0 Å². The van der Waals surface area contributed by atoms with Crippen LogP contribution in [0.2, 0.25) is 0 Å². The van der Waals surface area contributed by atoms with Crippen molar-refractivity contribution in [3.05, 3.63) is 0 Å². The molecule has 6 heteroatoms. The van der Waals surface area contributed by atoms with E-state index in [9.17, 15) is 9.59 Å². The number of urea groups is 1. The Hall–Kier alpha value is -1.30. The first-order valence-electron chi connectivity index (χ1n) is 6.29. The van der Waals surface area contributed by atoms with Crippen LogP contribution in [0.5, 0.6) is 0 Å². The van der Waals surface area contributed by atoms with Crippen molar-refractivity contribution >= 4 is 12.0 Å². The van der Waals surface area contributed by atoms with Gasteiger partial charge in [0.2, 0.25) is 0 Å². The molecule has 0 aliphatic carbocycles. The van der Waals surface area contributed by atoms with E-state index in [1.807, 2.05) is 13.8 Å². The lowest BCUT2D eigenvalue weighted by atomic mass is 9.94. The van der Waals surface area contributed by atoms with Crippen LogP contribution in [0.15, 0.2) is 0 Å². The minimum absolute atomic E-state index is 0.0740. The molecule has 0 bridgehead atoms. The molecule has 2 amide bonds. The highest BCUT2D eigenvalue weighted by Crippen LogP contribution is 2.23. The van der Waals surface area contributed by atoms with E-state index >= 15 is 0 Å². The first kappa shape index (κ1) is 14.8. The molecule has 0 aromatic rings. The van der Waals surface area contributed by atoms with Crippen LogP contribution in [-0.2, 0) is 9.53 Å². The van der Waals surface area contributed by atoms with Crippen LogP contribution >= 0.6 is 0 Å². The highest BCUT2D eigenvalue weighted by molar-refractivity contribution is 5.74. The van der Waals surface area contributed by atoms with Gasteiger partial charge in [0.15, 0.2) is 0 Å². The van der Waals surface area contributed by atoms with Gasteiger partial charge in [-0.25, -0.2) is 4.79 Å². The van der Waals surface area contributed by atoms with Gasteiger partial charge in [0.25, 0.3) is 0 Å². The summed E-state index contributed by atoms with van der Waals surface area (Å²) in [5.41, 5.74) is -0.195. The largest absolute Gasteiger partial charge is 0.481 e. The van der Waals surface area contributed by atoms with Crippen LogP contribution in [0, 0.1) is 0 Å². The lowest BCUT2D eigenvalue weighted by Gasteiger charge is -2.35. The van der Waals surface area contributed by atoms with Crippen LogP contribution in [0.3, 0.4) is 0 Å². The van der Waals surface area contributed by atoms with E-state index in [1.165, 1.54) is 0 Å². The standard InChI is InChI=1S/C12H22N2O4/c1-12(2)8-9(5-7-18-12)14-11(17)13-6-3-4-10(15)16/h9H,3-8H2,1-2H3,(H,15,16)(H2,13,14,17). The molecule has 0 aromatic heterocycles. The van der Waals surface area contributed by atoms with Gasteiger partial charge in [0, 0.05) is 25.6 Å². The van der Waals surface area contributed by atoms with Gasteiger partial charge < -0.3 is 20.5 Å². The SMILES string of the molecule is CC1(C)CC(NC(=O)NCCCC(=O)O)CCO1. The molecule has 6 nitrogen and oxygen atoms in total. The highest BCUT2D eigenvalue weighted by Gasteiger charge is 2.29. The molecular formula is C12H22N2O4. The van der Waals surface area contributed by atoms with Gasteiger partial charge in [-0.1, -0.05) is 0 Å². The maximum Gasteiger partial charge on any atom is 0.315 e. The lowest BCUT2D eigenvalue weighted by molar-refractivity contribution is -0.137. The van der Waals surface area contributed by atoms with E-state index < -0.39 is 5.97 Å². The Kier molecular flexibility index (Phi) is 5.40. The molecule has 1 unspecified atom stereocenters. The Labute approximate surface area is 107 Å². The Morgan fingerprint density at radius 3 is 2.78 bits per heavy atom. The van der Waals surface area contributed by atoms with Crippen molar-refractivity contribution in [1.82, 2.24) is 10.6 Å². The Balaban J connectivity index is 2.17. The smallest absolute Gasteiger partial charge is 0.315 e. The molecule has 1 heterocycles. The minimum atomic E-state index is -0.844.